The summed E-state index contributed by atoms with van der Waals surface area (Å²) in [6.07, 6.45) is 3.87. The van der Waals surface area contributed by atoms with E-state index in [9.17, 15) is 4.79 Å². The second kappa shape index (κ2) is 7.19. The van der Waals surface area contributed by atoms with E-state index in [1.807, 2.05) is 4.57 Å². The summed E-state index contributed by atoms with van der Waals surface area (Å²) in [5.41, 5.74) is 2.79. The van der Waals surface area contributed by atoms with Crippen LogP contribution < -0.4 is 10.9 Å². The van der Waals surface area contributed by atoms with Crippen molar-refractivity contribution in [2.24, 2.45) is 0 Å². The third-order valence-corrected chi connectivity index (χ3v) is 7.04. The Balaban J connectivity index is 1.31. The zero-order valence-corrected chi connectivity index (χ0v) is 16.2. The molecular formula is C21H24N4OS. The Hall–Kier alpha value is -2.02. The first-order chi connectivity index (χ1) is 13.3. The summed E-state index contributed by atoms with van der Waals surface area (Å²) in [6, 6.07) is 10.8. The van der Waals surface area contributed by atoms with Gasteiger partial charge in [-0.25, -0.2) is 4.98 Å². The lowest BCUT2D eigenvalue weighted by Crippen LogP contribution is -2.30. The topological polar surface area (TPSA) is 50.2 Å². The number of nitrogens with one attached hydrogen (secondary N) is 1. The van der Waals surface area contributed by atoms with Crippen molar-refractivity contribution in [3.8, 4) is 0 Å². The summed E-state index contributed by atoms with van der Waals surface area (Å²) in [4.78, 5) is 22.3. The van der Waals surface area contributed by atoms with Crippen LogP contribution >= 0.6 is 11.3 Å². The molecule has 0 saturated carbocycles. The highest BCUT2D eigenvalue weighted by atomic mass is 32.1. The molecule has 2 aliphatic rings. The molecule has 2 aromatic heterocycles. The smallest absolute Gasteiger partial charge is 0.262 e. The molecule has 5 rings (SSSR count). The molecule has 1 unspecified atom stereocenters. The maximum Gasteiger partial charge on any atom is 0.262 e. The Labute approximate surface area is 162 Å². The largest absolute Gasteiger partial charge is 0.312 e. The van der Waals surface area contributed by atoms with E-state index in [2.05, 4.69) is 45.5 Å². The van der Waals surface area contributed by atoms with Gasteiger partial charge in [-0.1, -0.05) is 30.3 Å². The van der Waals surface area contributed by atoms with E-state index in [4.69, 9.17) is 0 Å². The minimum Gasteiger partial charge on any atom is -0.312 e. The van der Waals surface area contributed by atoms with Crippen molar-refractivity contribution in [1.29, 1.82) is 0 Å². The average Bonchev–Trinajstić information content (AvgIpc) is 3.33. The van der Waals surface area contributed by atoms with Gasteiger partial charge in [0.25, 0.3) is 5.56 Å². The van der Waals surface area contributed by atoms with Crippen LogP contribution in [0.4, 0.5) is 0 Å². The van der Waals surface area contributed by atoms with Crippen LogP contribution in [-0.2, 0) is 19.5 Å². The fourth-order valence-electron chi connectivity index (χ4n) is 4.39. The van der Waals surface area contributed by atoms with E-state index in [1.54, 1.807) is 17.7 Å². The zero-order chi connectivity index (χ0) is 18.2. The zero-order valence-electron chi connectivity index (χ0n) is 15.4. The second-order valence-corrected chi connectivity index (χ2v) is 8.63. The molecule has 27 heavy (non-hydrogen) atoms. The van der Waals surface area contributed by atoms with Crippen LogP contribution in [0.2, 0.25) is 0 Å². The summed E-state index contributed by atoms with van der Waals surface area (Å²) < 4.78 is 1.81. The first-order valence-electron chi connectivity index (χ1n) is 9.77. The van der Waals surface area contributed by atoms with Crippen molar-refractivity contribution >= 4 is 21.6 Å². The van der Waals surface area contributed by atoms with Crippen molar-refractivity contribution < 1.29 is 0 Å². The second-order valence-electron chi connectivity index (χ2n) is 7.55. The number of aromatic nitrogens is 2. The Morgan fingerprint density at radius 3 is 3.00 bits per heavy atom. The summed E-state index contributed by atoms with van der Waals surface area (Å²) >= 11 is 1.67. The third kappa shape index (κ3) is 3.22. The average molecular weight is 381 g/mol. The van der Waals surface area contributed by atoms with Gasteiger partial charge in [-0.05, 0) is 43.0 Å². The van der Waals surface area contributed by atoms with Crippen molar-refractivity contribution in [3.05, 3.63) is 63.0 Å². The Kier molecular flexibility index (Phi) is 4.55. The molecule has 1 fully saturated rings. The molecular weight excluding hydrogens is 356 g/mol. The molecule has 6 heteroatoms. The highest BCUT2D eigenvalue weighted by Gasteiger charge is 2.24. The van der Waals surface area contributed by atoms with Crippen LogP contribution in [0.15, 0.2) is 41.5 Å². The summed E-state index contributed by atoms with van der Waals surface area (Å²) in [7, 11) is 0. The monoisotopic (exact) mass is 380 g/mol. The van der Waals surface area contributed by atoms with E-state index in [0.29, 0.717) is 12.5 Å². The quantitative estimate of drug-likeness (QED) is 0.756. The van der Waals surface area contributed by atoms with Gasteiger partial charge in [0, 0.05) is 31.1 Å². The molecule has 1 atom stereocenters. The van der Waals surface area contributed by atoms with Crippen molar-refractivity contribution in [2.75, 3.05) is 26.2 Å². The van der Waals surface area contributed by atoms with E-state index in [0.717, 1.165) is 49.4 Å². The first kappa shape index (κ1) is 17.1. The van der Waals surface area contributed by atoms with Crippen LogP contribution in [0.5, 0.6) is 0 Å². The fourth-order valence-corrected chi connectivity index (χ4v) is 5.54. The molecule has 0 radical (unpaired) electrons. The van der Waals surface area contributed by atoms with Gasteiger partial charge in [0.1, 0.15) is 4.83 Å². The van der Waals surface area contributed by atoms with E-state index in [-0.39, 0.29) is 5.56 Å². The molecule has 0 amide bonds. The van der Waals surface area contributed by atoms with Crippen LogP contribution in [0.3, 0.4) is 0 Å². The van der Waals surface area contributed by atoms with E-state index < -0.39 is 0 Å². The first-order valence-corrected chi connectivity index (χ1v) is 10.6. The van der Waals surface area contributed by atoms with Crippen LogP contribution in [-0.4, -0.2) is 40.6 Å². The molecule has 4 heterocycles. The molecule has 0 bridgehead atoms. The number of benzene rings is 1. The molecule has 1 aromatic carbocycles. The van der Waals surface area contributed by atoms with Gasteiger partial charge in [-0.15, -0.1) is 11.3 Å². The van der Waals surface area contributed by atoms with E-state index in [1.165, 1.54) is 22.4 Å². The number of hydrogen-bond acceptors (Lipinski definition) is 5. The van der Waals surface area contributed by atoms with Gasteiger partial charge in [-0.2, -0.15) is 0 Å². The highest BCUT2D eigenvalue weighted by Crippen LogP contribution is 2.30. The minimum atomic E-state index is 0.137. The van der Waals surface area contributed by atoms with Crippen molar-refractivity contribution in [1.82, 2.24) is 19.8 Å². The number of fused-ring (bicyclic) bond motifs is 3. The maximum atomic E-state index is 13.0. The molecule has 140 valence electrons. The highest BCUT2D eigenvalue weighted by molar-refractivity contribution is 7.18. The number of nitrogens with zero attached hydrogens (tertiary/aromatic N) is 3. The predicted octanol–water partition coefficient (Wildman–Crippen LogP) is 2.59. The molecule has 1 N–H and O–H groups in total. The summed E-state index contributed by atoms with van der Waals surface area (Å²) in [5.74, 6) is 0.611. The minimum absolute atomic E-state index is 0.137. The molecule has 0 spiro atoms. The third-order valence-electron chi connectivity index (χ3n) is 5.90. The maximum absolute atomic E-state index is 13.0. The van der Waals surface area contributed by atoms with Crippen molar-refractivity contribution in [3.63, 3.8) is 0 Å². The van der Waals surface area contributed by atoms with E-state index >= 15 is 0 Å². The van der Waals surface area contributed by atoms with Gasteiger partial charge >= 0.3 is 0 Å². The number of thiophene rings is 1. The standard InChI is InChI=1S/C21H24N4OS/c26-21-19-17-6-8-22-12-18(17)27-20(19)23-14-25(21)11-10-24-9-7-16(13-24)15-4-2-1-3-5-15/h1-5,14,16,22H,6-13H2. The van der Waals surface area contributed by atoms with Crippen molar-refractivity contribution in [2.45, 2.75) is 31.8 Å². The van der Waals surface area contributed by atoms with Gasteiger partial charge in [-0.3, -0.25) is 9.36 Å². The molecule has 1 saturated heterocycles. The number of hydrogen-bond donors (Lipinski definition) is 1. The number of likely N-dealkylation sites (tertiary alicyclic amines) is 1. The Bertz CT molecular complexity index is 1010. The normalized spacial score (nSPS) is 20.2. The van der Waals surface area contributed by atoms with Crippen LogP contribution in [0.1, 0.15) is 28.3 Å². The van der Waals surface area contributed by atoms with Gasteiger partial charge in [0.15, 0.2) is 0 Å². The fraction of sp³-hybridized carbons (Fsp3) is 0.429. The Morgan fingerprint density at radius 2 is 2.11 bits per heavy atom. The lowest BCUT2D eigenvalue weighted by Gasteiger charge is -2.17. The van der Waals surface area contributed by atoms with Gasteiger partial charge in [0.2, 0.25) is 0 Å². The molecule has 2 aliphatic heterocycles. The lowest BCUT2D eigenvalue weighted by atomic mass is 9.99. The van der Waals surface area contributed by atoms with Gasteiger partial charge < -0.3 is 10.2 Å². The molecule has 0 aliphatic carbocycles. The van der Waals surface area contributed by atoms with Gasteiger partial charge in [0.05, 0.1) is 11.7 Å². The van der Waals surface area contributed by atoms with Crippen LogP contribution in [0.25, 0.3) is 10.2 Å². The lowest BCUT2D eigenvalue weighted by molar-refractivity contribution is 0.316. The Morgan fingerprint density at radius 1 is 1.22 bits per heavy atom. The number of rotatable bonds is 4. The summed E-state index contributed by atoms with van der Waals surface area (Å²) in [6.45, 7) is 5.61. The summed E-state index contributed by atoms with van der Waals surface area (Å²) in [5, 5.41) is 4.25. The van der Waals surface area contributed by atoms with Crippen LogP contribution in [0, 0.1) is 0 Å². The predicted molar refractivity (Wildman–Crippen MR) is 110 cm³/mol. The molecule has 3 aromatic rings. The SMILES string of the molecule is O=c1c2c3c(sc2ncn1CCN1CCC(c2ccccc2)C1)CNCC3. The molecule has 5 nitrogen and oxygen atoms in total.